The summed E-state index contributed by atoms with van der Waals surface area (Å²) in [6.07, 6.45) is 0.945. The molecule has 1 aliphatic rings. The Bertz CT molecular complexity index is 1180. The zero-order valence-electron chi connectivity index (χ0n) is 18.0. The third-order valence-corrected chi connectivity index (χ3v) is 5.72. The van der Waals surface area contributed by atoms with Crippen LogP contribution >= 0.6 is 11.6 Å². The lowest BCUT2D eigenvalue weighted by molar-refractivity contribution is -0.0529. The highest BCUT2D eigenvalue weighted by atomic mass is 35.5. The predicted octanol–water partition coefficient (Wildman–Crippen LogP) is 4.07. The molecule has 1 saturated heterocycles. The standard InChI is InChI=1S/C22H23ClFN5O4/c1-29-7-6-12(8-19(29)33-22(25)30)32-18-9-13-16(10-17(18)31-2)26-11-27-21(13)28-15-5-3-4-14(23)20(15)24/h3-5,9-12,19H,6-8H2,1-2H3,(H2,25,30)(H,26,27,28)/t12-,19-/m0/s1. The molecule has 3 N–H and O–H groups in total. The molecule has 9 nitrogen and oxygen atoms in total. The van der Waals surface area contributed by atoms with E-state index in [0.29, 0.717) is 47.6 Å². The fraction of sp³-hybridized carbons (Fsp3) is 0.318. The smallest absolute Gasteiger partial charge is 0.406 e. The van der Waals surface area contributed by atoms with Gasteiger partial charge in [0.1, 0.15) is 18.2 Å². The summed E-state index contributed by atoms with van der Waals surface area (Å²) in [5, 5.41) is 3.58. The lowest BCUT2D eigenvalue weighted by atomic mass is 10.1. The normalized spacial score (nSPS) is 18.7. The number of halogens is 2. The monoisotopic (exact) mass is 475 g/mol. The van der Waals surface area contributed by atoms with Gasteiger partial charge >= 0.3 is 6.09 Å². The number of methoxy groups -OCH3 is 1. The molecule has 3 aromatic rings. The molecule has 0 saturated carbocycles. The summed E-state index contributed by atoms with van der Waals surface area (Å²) in [4.78, 5) is 21.7. The molecule has 0 spiro atoms. The van der Waals surface area contributed by atoms with Crippen LogP contribution in [0.25, 0.3) is 10.9 Å². The van der Waals surface area contributed by atoms with Crippen LogP contribution in [0.2, 0.25) is 5.02 Å². The van der Waals surface area contributed by atoms with Crippen molar-refractivity contribution >= 4 is 40.1 Å². The van der Waals surface area contributed by atoms with Crippen molar-refractivity contribution in [3.8, 4) is 11.5 Å². The first-order chi connectivity index (χ1) is 15.9. The Labute approximate surface area is 194 Å². The van der Waals surface area contributed by atoms with E-state index in [0.717, 1.165) is 0 Å². The van der Waals surface area contributed by atoms with E-state index in [1.807, 2.05) is 11.9 Å². The molecule has 0 unspecified atom stereocenters. The van der Waals surface area contributed by atoms with Crippen molar-refractivity contribution in [2.75, 3.05) is 26.0 Å². The van der Waals surface area contributed by atoms with Crippen LogP contribution in [0, 0.1) is 5.82 Å². The number of likely N-dealkylation sites (tertiary alicyclic amines) is 1. The molecular formula is C22H23ClFN5O4. The maximum absolute atomic E-state index is 14.4. The molecule has 2 aromatic carbocycles. The van der Waals surface area contributed by atoms with E-state index in [1.54, 1.807) is 24.3 Å². The van der Waals surface area contributed by atoms with Crippen molar-refractivity contribution < 1.29 is 23.4 Å². The predicted molar refractivity (Wildman–Crippen MR) is 122 cm³/mol. The molecule has 0 bridgehead atoms. The highest BCUT2D eigenvalue weighted by Crippen LogP contribution is 2.37. The van der Waals surface area contributed by atoms with Gasteiger partial charge in [-0.25, -0.2) is 19.2 Å². The minimum atomic E-state index is -0.836. The van der Waals surface area contributed by atoms with Crippen LogP contribution in [0.1, 0.15) is 12.8 Å². The lowest BCUT2D eigenvalue weighted by Gasteiger charge is -2.36. The largest absolute Gasteiger partial charge is 0.493 e. The topological polar surface area (TPSA) is 112 Å². The number of hydrogen-bond acceptors (Lipinski definition) is 8. The number of nitrogens with two attached hydrogens (primary N) is 1. The number of ether oxygens (including phenoxy) is 3. The molecule has 2 heterocycles. The van der Waals surface area contributed by atoms with E-state index in [9.17, 15) is 9.18 Å². The molecular weight excluding hydrogens is 453 g/mol. The van der Waals surface area contributed by atoms with Gasteiger partial charge < -0.3 is 25.3 Å². The number of nitrogens with zero attached hydrogens (tertiary/aromatic N) is 3. The number of amides is 1. The molecule has 1 fully saturated rings. The van der Waals surface area contributed by atoms with Crippen LogP contribution in [0.5, 0.6) is 11.5 Å². The molecule has 0 aliphatic carbocycles. The number of rotatable bonds is 6. The van der Waals surface area contributed by atoms with E-state index in [2.05, 4.69) is 15.3 Å². The number of benzene rings is 2. The van der Waals surface area contributed by atoms with Crippen LogP contribution in [0.3, 0.4) is 0 Å². The number of carbonyl (C=O) groups is 1. The van der Waals surface area contributed by atoms with E-state index in [1.165, 1.54) is 19.5 Å². The summed E-state index contributed by atoms with van der Waals surface area (Å²) in [5.41, 5.74) is 5.95. The van der Waals surface area contributed by atoms with Gasteiger partial charge in [-0.2, -0.15) is 0 Å². The van der Waals surface area contributed by atoms with Gasteiger partial charge in [-0.1, -0.05) is 17.7 Å². The van der Waals surface area contributed by atoms with Crippen molar-refractivity contribution in [1.29, 1.82) is 0 Å². The average Bonchev–Trinajstić information content (AvgIpc) is 2.78. The number of aromatic nitrogens is 2. The minimum Gasteiger partial charge on any atom is -0.493 e. The van der Waals surface area contributed by atoms with Gasteiger partial charge in [0.05, 0.1) is 23.3 Å². The van der Waals surface area contributed by atoms with Crippen LogP contribution in [-0.4, -0.2) is 54.0 Å². The van der Waals surface area contributed by atoms with Gasteiger partial charge in [0.25, 0.3) is 0 Å². The summed E-state index contributed by atoms with van der Waals surface area (Å²) in [6.45, 7) is 0.655. The maximum Gasteiger partial charge on any atom is 0.406 e. The van der Waals surface area contributed by atoms with Gasteiger partial charge in [0.15, 0.2) is 23.5 Å². The molecule has 2 atom stereocenters. The second kappa shape index (κ2) is 9.63. The van der Waals surface area contributed by atoms with Gasteiger partial charge in [-0.3, -0.25) is 4.90 Å². The Hall–Kier alpha value is -3.37. The first-order valence-electron chi connectivity index (χ1n) is 10.2. The third kappa shape index (κ3) is 5.01. The second-order valence-corrected chi connectivity index (χ2v) is 8.01. The average molecular weight is 476 g/mol. The van der Waals surface area contributed by atoms with Crippen LogP contribution in [0.4, 0.5) is 20.7 Å². The minimum absolute atomic E-state index is 0.000876. The number of carbonyl (C=O) groups excluding carboxylic acids is 1. The van der Waals surface area contributed by atoms with Gasteiger partial charge in [-0.05, 0) is 31.7 Å². The third-order valence-electron chi connectivity index (χ3n) is 5.43. The van der Waals surface area contributed by atoms with E-state index >= 15 is 0 Å². The van der Waals surface area contributed by atoms with Crippen molar-refractivity contribution in [2.24, 2.45) is 5.73 Å². The first-order valence-corrected chi connectivity index (χ1v) is 10.6. The fourth-order valence-electron chi connectivity index (χ4n) is 3.72. The number of fused-ring (bicyclic) bond motifs is 1. The number of anilines is 2. The SMILES string of the molecule is COc1cc2ncnc(Nc3cccc(Cl)c3F)c2cc1O[C@H]1CCN(C)[C@@H](OC(N)=O)C1. The highest BCUT2D eigenvalue weighted by molar-refractivity contribution is 6.31. The number of hydrogen-bond donors (Lipinski definition) is 2. The summed E-state index contributed by atoms with van der Waals surface area (Å²) >= 11 is 5.90. The molecule has 1 aliphatic heterocycles. The Morgan fingerprint density at radius 2 is 2.12 bits per heavy atom. The first kappa shape index (κ1) is 22.8. The van der Waals surface area contributed by atoms with E-state index in [-0.39, 0.29) is 16.8 Å². The molecule has 11 heteroatoms. The number of piperidine rings is 1. The van der Waals surface area contributed by atoms with Crippen LogP contribution in [-0.2, 0) is 4.74 Å². The Kier molecular flexibility index (Phi) is 6.66. The molecule has 174 valence electrons. The molecule has 4 rings (SSSR count). The second-order valence-electron chi connectivity index (χ2n) is 7.61. The van der Waals surface area contributed by atoms with Crippen molar-refractivity contribution in [1.82, 2.24) is 14.9 Å². The van der Waals surface area contributed by atoms with Crippen LogP contribution < -0.4 is 20.5 Å². The number of primary amides is 1. The molecule has 1 amide bonds. The molecule has 1 aromatic heterocycles. The van der Waals surface area contributed by atoms with Gasteiger partial charge in [0, 0.05) is 24.4 Å². The Balaban J connectivity index is 1.65. The van der Waals surface area contributed by atoms with Gasteiger partial charge in [0.2, 0.25) is 0 Å². The molecule has 33 heavy (non-hydrogen) atoms. The van der Waals surface area contributed by atoms with Crippen molar-refractivity contribution in [3.63, 3.8) is 0 Å². The Morgan fingerprint density at radius 1 is 1.30 bits per heavy atom. The quantitative estimate of drug-likeness (QED) is 0.548. The van der Waals surface area contributed by atoms with Crippen molar-refractivity contribution in [2.45, 2.75) is 25.2 Å². The number of nitrogens with one attached hydrogen (secondary N) is 1. The zero-order valence-corrected chi connectivity index (χ0v) is 18.8. The van der Waals surface area contributed by atoms with Crippen molar-refractivity contribution in [3.05, 3.63) is 47.5 Å². The fourth-order valence-corrected chi connectivity index (χ4v) is 3.89. The zero-order chi connectivity index (χ0) is 23.5. The highest BCUT2D eigenvalue weighted by Gasteiger charge is 2.30. The van der Waals surface area contributed by atoms with Gasteiger partial charge in [-0.15, -0.1) is 0 Å². The van der Waals surface area contributed by atoms with Crippen LogP contribution in [0.15, 0.2) is 36.7 Å². The summed E-state index contributed by atoms with van der Waals surface area (Å²) in [7, 11) is 3.38. The summed E-state index contributed by atoms with van der Waals surface area (Å²) in [6, 6.07) is 8.13. The van der Waals surface area contributed by atoms with E-state index in [4.69, 9.17) is 31.5 Å². The molecule has 0 radical (unpaired) electrons. The lowest BCUT2D eigenvalue weighted by Crippen LogP contribution is -2.46. The summed E-state index contributed by atoms with van der Waals surface area (Å²) in [5.74, 6) is 0.740. The maximum atomic E-state index is 14.4. The Morgan fingerprint density at radius 3 is 2.88 bits per heavy atom. The summed E-state index contributed by atoms with van der Waals surface area (Å²) < 4.78 is 31.3. The van der Waals surface area contributed by atoms with E-state index < -0.39 is 18.1 Å².